The first-order chi connectivity index (χ1) is 7.68. The maximum absolute atomic E-state index is 10.3. The van der Waals surface area contributed by atoms with E-state index in [4.69, 9.17) is 5.11 Å². The predicted octanol–water partition coefficient (Wildman–Crippen LogP) is 2.51. The number of hydrogen-bond donors (Lipinski definition) is 2. The van der Waals surface area contributed by atoms with Crippen molar-refractivity contribution in [3.05, 3.63) is 0 Å². The number of carboxylic acid groups (broad SMARTS) is 1. The van der Waals surface area contributed by atoms with Gasteiger partial charge in [-0.25, -0.2) is 0 Å². The monoisotopic (exact) mass is 245 g/mol. The van der Waals surface area contributed by atoms with Crippen LogP contribution in [0.2, 0.25) is 0 Å². The minimum absolute atomic E-state index is 0.314. The lowest BCUT2D eigenvalue weighted by atomic mass is 9.84. The third kappa shape index (κ3) is 4.74. The van der Waals surface area contributed by atoms with E-state index in [0.29, 0.717) is 11.2 Å². The number of carboxylic acids is 1. The molecule has 1 fully saturated rings. The van der Waals surface area contributed by atoms with Crippen LogP contribution in [-0.4, -0.2) is 35.2 Å². The molecule has 0 heterocycles. The van der Waals surface area contributed by atoms with Crippen LogP contribution in [-0.2, 0) is 4.79 Å². The Labute approximate surface area is 102 Å². The third-order valence-corrected chi connectivity index (χ3v) is 4.81. The molecule has 0 unspecified atom stereocenters. The number of nitrogens with one attached hydrogen (secondary N) is 1. The van der Waals surface area contributed by atoms with Crippen LogP contribution in [0.15, 0.2) is 0 Å². The van der Waals surface area contributed by atoms with Gasteiger partial charge in [0, 0.05) is 17.7 Å². The first-order valence-corrected chi connectivity index (χ1v) is 7.39. The van der Waals surface area contributed by atoms with E-state index >= 15 is 0 Å². The average Bonchev–Trinajstić information content (AvgIpc) is 2.19. The fourth-order valence-corrected chi connectivity index (χ4v) is 2.99. The van der Waals surface area contributed by atoms with Gasteiger partial charge in [0.25, 0.3) is 0 Å². The summed E-state index contributed by atoms with van der Waals surface area (Å²) in [6, 6.07) is 0. The van der Waals surface area contributed by atoms with Gasteiger partial charge in [-0.15, -0.1) is 0 Å². The maximum Gasteiger partial charge on any atom is 0.303 e. The van der Waals surface area contributed by atoms with Crippen LogP contribution in [0.4, 0.5) is 0 Å². The summed E-state index contributed by atoms with van der Waals surface area (Å²) in [5.74, 6) is -0.677. The zero-order valence-electron chi connectivity index (χ0n) is 10.1. The van der Waals surface area contributed by atoms with Crippen molar-refractivity contribution in [2.75, 3.05) is 19.3 Å². The van der Waals surface area contributed by atoms with Crippen LogP contribution in [0.3, 0.4) is 0 Å². The molecular weight excluding hydrogens is 222 g/mol. The van der Waals surface area contributed by atoms with E-state index in [1.54, 1.807) is 0 Å². The first kappa shape index (κ1) is 13.8. The van der Waals surface area contributed by atoms with Crippen molar-refractivity contribution in [3.8, 4) is 0 Å². The molecular formula is C12H23NO2S. The summed E-state index contributed by atoms with van der Waals surface area (Å²) in [7, 11) is 0. The van der Waals surface area contributed by atoms with Gasteiger partial charge in [0.2, 0.25) is 0 Å². The van der Waals surface area contributed by atoms with E-state index in [9.17, 15) is 4.79 Å². The van der Waals surface area contributed by atoms with Gasteiger partial charge in [0.05, 0.1) is 0 Å². The molecule has 1 saturated carbocycles. The summed E-state index contributed by atoms with van der Waals surface area (Å²) in [4.78, 5) is 10.3. The van der Waals surface area contributed by atoms with Crippen LogP contribution in [0.5, 0.6) is 0 Å². The van der Waals surface area contributed by atoms with Crippen molar-refractivity contribution in [3.63, 3.8) is 0 Å². The van der Waals surface area contributed by atoms with Crippen LogP contribution in [0.25, 0.3) is 0 Å². The number of unbranched alkanes of at least 4 members (excludes halogenated alkanes) is 2. The standard InChI is InChI=1S/C12H23NO2S/c1-16-12(7-5-8-12)10-13-9-4-2-3-6-11(14)15/h13H,2-10H2,1H3,(H,14,15). The van der Waals surface area contributed by atoms with Crippen LogP contribution in [0, 0.1) is 0 Å². The molecule has 1 rings (SSSR count). The lowest BCUT2D eigenvalue weighted by Crippen LogP contribution is -2.43. The van der Waals surface area contributed by atoms with Crippen molar-refractivity contribution < 1.29 is 9.90 Å². The molecule has 4 heteroatoms. The zero-order valence-corrected chi connectivity index (χ0v) is 10.9. The van der Waals surface area contributed by atoms with Crippen molar-refractivity contribution in [2.45, 2.75) is 49.7 Å². The Hall–Kier alpha value is -0.220. The van der Waals surface area contributed by atoms with Crippen molar-refractivity contribution >= 4 is 17.7 Å². The zero-order chi connectivity index (χ0) is 11.9. The second kappa shape index (κ2) is 7.17. The highest BCUT2D eigenvalue weighted by atomic mass is 32.2. The van der Waals surface area contributed by atoms with Crippen molar-refractivity contribution in [1.29, 1.82) is 0 Å². The molecule has 0 atom stereocenters. The number of hydrogen-bond acceptors (Lipinski definition) is 3. The fraction of sp³-hybridized carbons (Fsp3) is 0.917. The Morgan fingerprint density at radius 1 is 1.38 bits per heavy atom. The number of aliphatic carboxylic acids is 1. The summed E-state index contributed by atoms with van der Waals surface area (Å²) in [5.41, 5.74) is 0. The van der Waals surface area contributed by atoms with Crippen LogP contribution in [0.1, 0.15) is 44.9 Å². The summed E-state index contributed by atoms with van der Waals surface area (Å²) >= 11 is 1.99. The predicted molar refractivity (Wildman–Crippen MR) is 69.1 cm³/mol. The minimum atomic E-state index is -0.677. The van der Waals surface area contributed by atoms with Gasteiger partial charge < -0.3 is 10.4 Å². The SMILES string of the molecule is CSC1(CNCCCCCC(=O)O)CCC1. The second-order valence-electron chi connectivity index (χ2n) is 4.62. The summed E-state index contributed by atoms with van der Waals surface area (Å²) in [6.45, 7) is 2.15. The average molecular weight is 245 g/mol. The molecule has 0 amide bonds. The quantitative estimate of drug-likeness (QED) is 0.613. The van der Waals surface area contributed by atoms with E-state index in [0.717, 1.165) is 32.4 Å². The molecule has 0 aromatic rings. The molecule has 0 aliphatic heterocycles. The summed E-state index contributed by atoms with van der Waals surface area (Å²) < 4.78 is 0.515. The summed E-state index contributed by atoms with van der Waals surface area (Å²) in [6.07, 6.45) is 9.51. The van der Waals surface area contributed by atoms with E-state index in [-0.39, 0.29) is 0 Å². The topological polar surface area (TPSA) is 49.3 Å². The molecule has 94 valence electrons. The fourth-order valence-electron chi connectivity index (χ4n) is 2.04. The lowest BCUT2D eigenvalue weighted by Gasteiger charge is -2.40. The highest BCUT2D eigenvalue weighted by Gasteiger charge is 2.35. The molecule has 0 radical (unpaired) electrons. The van der Waals surface area contributed by atoms with Crippen molar-refractivity contribution in [2.24, 2.45) is 0 Å². The van der Waals surface area contributed by atoms with Crippen LogP contribution >= 0.6 is 11.8 Å². The molecule has 0 saturated heterocycles. The second-order valence-corrected chi connectivity index (χ2v) is 5.90. The van der Waals surface area contributed by atoms with Gasteiger partial charge in [0.1, 0.15) is 0 Å². The lowest BCUT2D eigenvalue weighted by molar-refractivity contribution is -0.137. The van der Waals surface area contributed by atoms with Crippen LogP contribution < -0.4 is 5.32 Å². The van der Waals surface area contributed by atoms with Gasteiger partial charge in [-0.2, -0.15) is 11.8 Å². The highest BCUT2D eigenvalue weighted by molar-refractivity contribution is 8.00. The smallest absolute Gasteiger partial charge is 0.303 e. The Morgan fingerprint density at radius 3 is 2.62 bits per heavy atom. The van der Waals surface area contributed by atoms with E-state index in [1.165, 1.54) is 19.3 Å². The number of carbonyl (C=O) groups is 1. The number of thioether (sulfide) groups is 1. The molecule has 0 aromatic heterocycles. The highest BCUT2D eigenvalue weighted by Crippen LogP contribution is 2.42. The van der Waals surface area contributed by atoms with Gasteiger partial charge in [-0.05, 0) is 38.5 Å². The van der Waals surface area contributed by atoms with Gasteiger partial charge in [0.15, 0.2) is 0 Å². The molecule has 3 nitrogen and oxygen atoms in total. The maximum atomic E-state index is 10.3. The summed E-state index contributed by atoms with van der Waals surface area (Å²) in [5, 5.41) is 12.0. The van der Waals surface area contributed by atoms with E-state index in [1.807, 2.05) is 11.8 Å². The van der Waals surface area contributed by atoms with Gasteiger partial charge >= 0.3 is 5.97 Å². The van der Waals surface area contributed by atoms with E-state index < -0.39 is 5.97 Å². The third-order valence-electron chi connectivity index (χ3n) is 3.39. The van der Waals surface area contributed by atoms with Crippen molar-refractivity contribution in [1.82, 2.24) is 5.32 Å². The Morgan fingerprint density at radius 2 is 2.12 bits per heavy atom. The first-order valence-electron chi connectivity index (χ1n) is 6.16. The van der Waals surface area contributed by atoms with Gasteiger partial charge in [-0.3, -0.25) is 4.79 Å². The molecule has 16 heavy (non-hydrogen) atoms. The Bertz CT molecular complexity index is 212. The minimum Gasteiger partial charge on any atom is -0.481 e. The Kier molecular flexibility index (Phi) is 6.21. The normalized spacial score (nSPS) is 18.1. The Balaban J connectivity index is 1.90. The number of rotatable bonds is 9. The molecule has 1 aliphatic rings. The molecule has 0 aromatic carbocycles. The molecule has 2 N–H and O–H groups in total. The van der Waals surface area contributed by atoms with E-state index in [2.05, 4.69) is 11.6 Å². The molecule has 1 aliphatic carbocycles. The molecule has 0 spiro atoms. The molecule has 0 bridgehead atoms. The van der Waals surface area contributed by atoms with Gasteiger partial charge in [-0.1, -0.05) is 12.8 Å². The largest absolute Gasteiger partial charge is 0.481 e.